The van der Waals surface area contributed by atoms with E-state index < -0.39 is 0 Å². The van der Waals surface area contributed by atoms with Gasteiger partial charge in [-0.3, -0.25) is 4.79 Å². The SMILES string of the molecule is Cc1nc(COc2ccccc2C(=O)N(C)CCOc2cccc(Cl)c2)no1. The van der Waals surface area contributed by atoms with Crippen LogP contribution in [0, 0.1) is 6.92 Å². The number of halogens is 1. The third-order valence-corrected chi connectivity index (χ3v) is 4.12. The van der Waals surface area contributed by atoms with E-state index in [1.165, 1.54) is 0 Å². The molecule has 3 aromatic rings. The van der Waals surface area contributed by atoms with Crippen LogP contribution in [0.2, 0.25) is 5.02 Å². The Balaban J connectivity index is 1.58. The van der Waals surface area contributed by atoms with Crippen molar-refractivity contribution in [3.05, 3.63) is 70.8 Å². The number of amides is 1. The summed E-state index contributed by atoms with van der Waals surface area (Å²) in [5.41, 5.74) is 0.452. The summed E-state index contributed by atoms with van der Waals surface area (Å²) in [6, 6.07) is 14.2. The summed E-state index contributed by atoms with van der Waals surface area (Å²) in [5, 5.41) is 4.39. The van der Waals surface area contributed by atoms with Gasteiger partial charge in [-0.2, -0.15) is 4.98 Å². The first kappa shape index (κ1) is 19.7. The maximum atomic E-state index is 12.8. The lowest BCUT2D eigenvalue weighted by molar-refractivity contribution is 0.0768. The van der Waals surface area contributed by atoms with Gasteiger partial charge in [0.15, 0.2) is 6.61 Å². The molecule has 0 aliphatic rings. The third kappa shape index (κ3) is 5.23. The van der Waals surface area contributed by atoms with Gasteiger partial charge in [0, 0.05) is 19.0 Å². The van der Waals surface area contributed by atoms with E-state index in [2.05, 4.69) is 10.1 Å². The number of ether oxygens (including phenoxy) is 2. The number of hydrogen-bond acceptors (Lipinski definition) is 6. The van der Waals surface area contributed by atoms with Crippen molar-refractivity contribution in [2.45, 2.75) is 13.5 Å². The highest BCUT2D eigenvalue weighted by molar-refractivity contribution is 6.30. The average molecular weight is 402 g/mol. The molecule has 0 radical (unpaired) electrons. The van der Waals surface area contributed by atoms with Crippen molar-refractivity contribution in [1.29, 1.82) is 0 Å². The summed E-state index contributed by atoms with van der Waals surface area (Å²) in [5.74, 6) is 1.82. The van der Waals surface area contributed by atoms with E-state index in [4.69, 9.17) is 25.6 Å². The summed E-state index contributed by atoms with van der Waals surface area (Å²) >= 11 is 5.94. The largest absolute Gasteiger partial charge is 0.492 e. The average Bonchev–Trinajstić information content (AvgIpc) is 3.11. The van der Waals surface area contributed by atoms with Crippen LogP contribution in [0.15, 0.2) is 53.1 Å². The van der Waals surface area contributed by atoms with E-state index in [-0.39, 0.29) is 12.5 Å². The fourth-order valence-corrected chi connectivity index (χ4v) is 2.66. The molecular formula is C20H20ClN3O4. The number of benzene rings is 2. The van der Waals surface area contributed by atoms with Crippen molar-refractivity contribution in [2.24, 2.45) is 0 Å². The van der Waals surface area contributed by atoms with E-state index in [1.807, 2.05) is 12.1 Å². The van der Waals surface area contributed by atoms with Gasteiger partial charge in [-0.25, -0.2) is 0 Å². The summed E-state index contributed by atoms with van der Waals surface area (Å²) < 4.78 is 16.3. The first-order valence-corrected chi connectivity index (χ1v) is 9.05. The van der Waals surface area contributed by atoms with Crippen LogP contribution >= 0.6 is 11.6 Å². The maximum Gasteiger partial charge on any atom is 0.257 e. The monoisotopic (exact) mass is 401 g/mol. The summed E-state index contributed by atoms with van der Waals surface area (Å²) in [6.07, 6.45) is 0. The Morgan fingerprint density at radius 3 is 2.75 bits per heavy atom. The molecular weight excluding hydrogens is 382 g/mol. The molecule has 1 aromatic heterocycles. The van der Waals surface area contributed by atoms with Crippen LogP contribution in [-0.2, 0) is 6.61 Å². The second-order valence-corrected chi connectivity index (χ2v) is 6.48. The molecule has 28 heavy (non-hydrogen) atoms. The first-order valence-electron chi connectivity index (χ1n) is 8.68. The Bertz CT molecular complexity index is 944. The van der Waals surface area contributed by atoms with Crippen molar-refractivity contribution < 1.29 is 18.8 Å². The molecule has 0 aliphatic heterocycles. The van der Waals surface area contributed by atoms with Crippen LogP contribution in [-0.4, -0.2) is 41.1 Å². The molecule has 146 valence electrons. The number of nitrogens with zero attached hydrogens (tertiary/aromatic N) is 3. The van der Waals surface area contributed by atoms with Crippen LogP contribution < -0.4 is 9.47 Å². The number of para-hydroxylation sites is 1. The molecule has 0 spiro atoms. The zero-order valence-electron chi connectivity index (χ0n) is 15.6. The molecule has 8 heteroatoms. The number of aromatic nitrogens is 2. The van der Waals surface area contributed by atoms with Gasteiger partial charge in [-0.1, -0.05) is 35.0 Å². The Hall–Kier alpha value is -3.06. The summed E-state index contributed by atoms with van der Waals surface area (Å²) in [4.78, 5) is 18.5. The molecule has 0 saturated heterocycles. The van der Waals surface area contributed by atoms with Gasteiger partial charge in [-0.15, -0.1) is 0 Å². The fourth-order valence-electron chi connectivity index (χ4n) is 2.48. The Morgan fingerprint density at radius 1 is 1.18 bits per heavy atom. The topological polar surface area (TPSA) is 77.7 Å². The third-order valence-electron chi connectivity index (χ3n) is 3.88. The Labute approximate surface area is 167 Å². The molecule has 0 bridgehead atoms. The number of likely N-dealkylation sites (N-methyl/N-ethyl adjacent to an activating group) is 1. The highest BCUT2D eigenvalue weighted by Crippen LogP contribution is 2.21. The van der Waals surface area contributed by atoms with E-state index in [9.17, 15) is 4.79 Å². The van der Waals surface area contributed by atoms with E-state index in [0.717, 1.165) is 0 Å². The van der Waals surface area contributed by atoms with Crippen LogP contribution in [0.4, 0.5) is 0 Å². The molecule has 0 saturated carbocycles. The standard InChI is InChI=1S/C20H20ClN3O4/c1-14-22-19(23-28-14)13-27-18-9-4-3-8-17(18)20(25)24(2)10-11-26-16-7-5-6-15(21)12-16/h3-9,12H,10-11,13H2,1-2H3. The molecule has 1 heterocycles. The van der Waals surface area contributed by atoms with Gasteiger partial charge in [0.05, 0.1) is 12.1 Å². The smallest absolute Gasteiger partial charge is 0.257 e. The van der Waals surface area contributed by atoms with E-state index in [1.54, 1.807) is 55.3 Å². The Kier molecular flexibility index (Phi) is 6.49. The van der Waals surface area contributed by atoms with E-state index in [0.29, 0.717) is 47.0 Å². The normalized spacial score (nSPS) is 10.5. The van der Waals surface area contributed by atoms with Crippen LogP contribution in [0.3, 0.4) is 0 Å². The molecule has 0 atom stereocenters. The molecule has 0 unspecified atom stereocenters. The number of aryl methyl sites for hydroxylation is 1. The minimum Gasteiger partial charge on any atom is -0.492 e. The number of rotatable bonds is 8. The van der Waals surface area contributed by atoms with E-state index >= 15 is 0 Å². The molecule has 1 amide bonds. The van der Waals surface area contributed by atoms with Gasteiger partial charge in [0.2, 0.25) is 11.7 Å². The predicted molar refractivity (Wildman–Crippen MR) is 104 cm³/mol. The molecule has 0 fully saturated rings. The molecule has 3 rings (SSSR count). The number of carbonyl (C=O) groups is 1. The zero-order valence-corrected chi connectivity index (χ0v) is 16.3. The van der Waals surface area contributed by atoms with Crippen LogP contribution in [0.1, 0.15) is 22.1 Å². The second-order valence-electron chi connectivity index (χ2n) is 6.05. The van der Waals surface area contributed by atoms with Gasteiger partial charge in [0.25, 0.3) is 5.91 Å². The lowest BCUT2D eigenvalue weighted by Gasteiger charge is -2.19. The molecule has 2 aromatic carbocycles. The highest BCUT2D eigenvalue weighted by Gasteiger charge is 2.17. The van der Waals surface area contributed by atoms with Crippen molar-refractivity contribution in [3.63, 3.8) is 0 Å². The zero-order chi connectivity index (χ0) is 19.9. The summed E-state index contributed by atoms with van der Waals surface area (Å²) in [6.45, 7) is 2.56. The van der Waals surface area contributed by atoms with Gasteiger partial charge in [-0.05, 0) is 30.3 Å². The lowest BCUT2D eigenvalue weighted by atomic mass is 10.2. The minimum atomic E-state index is -0.172. The van der Waals surface area contributed by atoms with Gasteiger partial charge in [0.1, 0.15) is 18.1 Å². The summed E-state index contributed by atoms with van der Waals surface area (Å²) in [7, 11) is 1.71. The lowest BCUT2D eigenvalue weighted by Crippen LogP contribution is -2.31. The predicted octanol–water partition coefficient (Wildman–Crippen LogP) is 3.76. The van der Waals surface area contributed by atoms with Crippen molar-refractivity contribution in [2.75, 3.05) is 20.2 Å². The first-order chi connectivity index (χ1) is 13.5. The minimum absolute atomic E-state index is 0.114. The Morgan fingerprint density at radius 2 is 2.00 bits per heavy atom. The molecule has 0 aliphatic carbocycles. The van der Waals surface area contributed by atoms with Crippen molar-refractivity contribution >= 4 is 17.5 Å². The molecule has 7 nitrogen and oxygen atoms in total. The van der Waals surface area contributed by atoms with Crippen molar-refractivity contribution in [3.8, 4) is 11.5 Å². The highest BCUT2D eigenvalue weighted by atomic mass is 35.5. The van der Waals surface area contributed by atoms with Crippen molar-refractivity contribution in [1.82, 2.24) is 15.0 Å². The van der Waals surface area contributed by atoms with Crippen LogP contribution in [0.25, 0.3) is 0 Å². The quantitative estimate of drug-likeness (QED) is 0.572. The second kappa shape index (κ2) is 9.23. The van der Waals surface area contributed by atoms with Gasteiger partial charge < -0.3 is 18.9 Å². The van der Waals surface area contributed by atoms with Crippen LogP contribution in [0.5, 0.6) is 11.5 Å². The maximum absolute atomic E-state index is 12.8. The number of hydrogen-bond donors (Lipinski definition) is 0. The molecule has 0 N–H and O–H groups in total. The fraction of sp³-hybridized carbons (Fsp3) is 0.250. The number of carbonyl (C=O) groups excluding carboxylic acids is 1. The van der Waals surface area contributed by atoms with Gasteiger partial charge >= 0.3 is 0 Å².